The maximum absolute atomic E-state index is 11.6. The molecule has 0 atom stereocenters. The molecule has 2 N–H and O–H groups in total. The maximum atomic E-state index is 11.6. The van der Waals surface area contributed by atoms with Gasteiger partial charge in [0.1, 0.15) is 6.17 Å². The van der Waals surface area contributed by atoms with Crippen molar-refractivity contribution in [3.8, 4) is 0 Å². The van der Waals surface area contributed by atoms with E-state index in [0.717, 1.165) is 38.5 Å². The van der Waals surface area contributed by atoms with Crippen LogP contribution in [0.3, 0.4) is 0 Å². The molecule has 0 rings (SSSR count). The van der Waals surface area contributed by atoms with Crippen molar-refractivity contribution in [2.75, 3.05) is 0 Å². The molecule has 2 amide bonds. The highest BCUT2D eigenvalue weighted by Crippen LogP contribution is 2.00. The average Bonchev–Trinajstić information content (AvgIpc) is 2.34. The molecule has 0 saturated heterocycles. The first-order chi connectivity index (χ1) is 8.63. The van der Waals surface area contributed by atoms with E-state index in [0.29, 0.717) is 12.8 Å². The van der Waals surface area contributed by atoms with Gasteiger partial charge in [-0.25, -0.2) is 0 Å². The van der Waals surface area contributed by atoms with Gasteiger partial charge >= 0.3 is 0 Å². The van der Waals surface area contributed by atoms with E-state index in [1.807, 2.05) is 6.92 Å². The summed E-state index contributed by atoms with van der Waals surface area (Å²) < 4.78 is 0. The van der Waals surface area contributed by atoms with Gasteiger partial charge in [0.15, 0.2) is 0 Å². The van der Waals surface area contributed by atoms with Gasteiger partial charge < -0.3 is 10.6 Å². The van der Waals surface area contributed by atoms with E-state index in [1.165, 1.54) is 0 Å². The van der Waals surface area contributed by atoms with Crippen molar-refractivity contribution in [3.63, 3.8) is 0 Å². The molecule has 0 heterocycles. The zero-order chi connectivity index (χ0) is 13.8. The Morgan fingerprint density at radius 3 is 1.61 bits per heavy atom. The smallest absolute Gasteiger partial charge is 0.221 e. The molecule has 0 aromatic carbocycles. The third-order valence-corrected chi connectivity index (χ3v) is 2.76. The largest absolute Gasteiger partial charge is 0.336 e. The summed E-state index contributed by atoms with van der Waals surface area (Å²) in [5.41, 5.74) is 0. The van der Waals surface area contributed by atoms with Gasteiger partial charge in [0.25, 0.3) is 0 Å². The summed E-state index contributed by atoms with van der Waals surface area (Å²) in [6.45, 7) is 6.16. The van der Waals surface area contributed by atoms with Crippen LogP contribution in [-0.2, 0) is 9.59 Å². The molecule has 0 saturated carbocycles. The number of rotatable bonds is 10. The van der Waals surface area contributed by atoms with Crippen LogP contribution in [0.4, 0.5) is 0 Å². The lowest BCUT2D eigenvalue weighted by molar-refractivity contribution is -0.124. The molecule has 18 heavy (non-hydrogen) atoms. The molecular formula is C14H28N2O2. The van der Waals surface area contributed by atoms with E-state index in [4.69, 9.17) is 0 Å². The first-order valence-electron chi connectivity index (χ1n) is 7.22. The minimum Gasteiger partial charge on any atom is -0.336 e. The molecule has 0 aromatic rings. The van der Waals surface area contributed by atoms with Crippen LogP contribution in [0.15, 0.2) is 0 Å². The van der Waals surface area contributed by atoms with Crippen LogP contribution in [0.25, 0.3) is 0 Å². The SMILES string of the molecule is CCCCC(=O)NC(CCC)NC(=O)CCCC. The first-order valence-corrected chi connectivity index (χ1v) is 7.22. The van der Waals surface area contributed by atoms with Gasteiger partial charge in [0.05, 0.1) is 0 Å². The Morgan fingerprint density at radius 2 is 1.28 bits per heavy atom. The number of carbonyl (C=O) groups is 2. The van der Waals surface area contributed by atoms with Crippen LogP contribution < -0.4 is 10.6 Å². The molecule has 0 aromatic heterocycles. The second-order valence-corrected chi connectivity index (χ2v) is 4.68. The summed E-state index contributed by atoms with van der Waals surface area (Å²) in [5.74, 6) is 0.0668. The highest BCUT2D eigenvalue weighted by molar-refractivity contribution is 5.79. The second kappa shape index (κ2) is 11.1. The quantitative estimate of drug-likeness (QED) is 0.590. The Kier molecular flexibility index (Phi) is 10.4. The highest BCUT2D eigenvalue weighted by atomic mass is 16.2. The van der Waals surface area contributed by atoms with Crippen molar-refractivity contribution >= 4 is 11.8 Å². The Bertz CT molecular complexity index is 220. The van der Waals surface area contributed by atoms with Crippen molar-refractivity contribution in [1.29, 1.82) is 0 Å². The number of carbonyl (C=O) groups excluding carboxylic acids is 2. The van der Waals surface area contributed by atoms with Crippen LogP contribution in [0, 0.1) is 0 Å². The molecule has 0 unspecified atom stereocenters. The van der Waals surface area contributed by atoms with Gasteiger partial charge in [-0.3, -0.25) is 9.59 Å². The van der Waals surface area contributed by atoms with E-state index >= 15 is 0 Å². The van der Waals surface area contributed by atoms with Gasteiger partial charge in [-0.1, -0.05) is 40.0 Å². The van der Waals surface area contributed by atoms with Gasteiger partial charge in [-0.15, -0.1) is 0 Å². The molecule has 4 heteroatoms. The van der Waals surface area contributed by atoms with Gasteiger partial charge in [-0.05, 0) is 19.3 Å². The van der Waals surface area contributed by atoms with Crippen molar-refractivity contribution in [2.24, 2.45) is 0 Å². The summed E-state index contributed by atoms with van der Waals surface area (Å²) in [6, 6.07) is 0. The Morgan fingerprint density at radius 1 is 0.833 bits per heavy atom. The van der Waals surface area contributed by atoms with Crippen LogP contribution in [-0.4, -0.2) is 18.0 Å². The second-order valence-electron chi connectivity index (χ2n) is 4.68. The standard InChI is InChI=1S/C14H28N2O2/c1-4-7-10-13(17)15-12(9-6-3)16-14(18)11-8-5-2/h12H,4-11H2,1-3H3,(H,15,17)(H,16,18). The van der Waals surface area contributed by atoms with Crippen LogP contribution in [0.2, 0.25) is 0 Å². The lowest BCUT2D eigenvalue weighted by atomic mass is 10.2. The van der Waals surface area contributed by atoms with Gasteiger partial charge in [0.2, 0.25) is 11.8 Å². The molecule has 0 radical (unpaired) electrons. The van der Waals surface area contributed by atoms with Crippen molar-refractivity contribution in [1.82, 2.24) is 10.6 Å². The fourth-order valence-electron chi connectivity index (χ4n) is 1.68. The summed E-state index contributed by atoms with van der Waals surface area (Å²) in [5, 5.41) is 5.78. The fourth-order valence-corrected chi connectivity index (χ4v) is 1.68. The van der Waals surface area contributed by atoms with E-state index in [9.17, 15) is 9.59 Å². The summed E-state index contributed by atoms with van der Waals surface area (Å²) in [4.78, 5) is 23.2. The van der Waals surface area contributed by atoms with Crippen molar-refractivity contribution in [3.05, 3.63) is 0 Å². The maximum Gasteiger partial charge on any atom is 0.221 e. The molecule has 106 valence electrons. The third kappa shape index (κ3) is 9.02. The number of amides is 2. The number of hydrogen-bond donors (Lipinski definition) is 2. The Balaban J connectivity index is 4.04. The third-order valence-electron chi connectivity index (χ3n) is 2.76. The van der Waals surface area contributed by atoms with Crippen molar-refractivity contribution in [2.45, 2.75) is 78.3 Å². The average molecular weight is 256 g/mol. The van der Waals surface area contributed by atoms with Gasteiger partial charge in [-0.2, -0.15) is 0 Å². The van der Waals surface area contributed by atoms with Crippen LogP contribution in [0.1, 0.15) is 72.1 Å². The number of unbranched alkanes of at least 4 members (excludes halogenated alkanes) is 2. The first kappa shape index (κ1) is 16.9. The van der Waals surface area contributed by atoms with Crippen LogP contribution >= 0.6 is 0 Å². The molecule has 0 aliphatic heterocycles. The normalized spacial score (nSPS) is 10.4. The molecule has 0 spiro atoms. The number of hydrogen-bond acceptors (Lipinski definition) is 2. The monoisotopic (exact) mass is 256 g/mol. The lowest BCUT2D eigenvalue weighted by Gasteiger charge is -2.19. The Hall–Kier alpha value is -1.06. The fraction of sp³-hybridized carbons (Fsp3) is 0.857. The Labute approximate surface area is 111 Å². The van der Waals surface area contributed by atoms with E-state index in [-0.39, 0.29) is 18.0 Å². The van der Waals surface area contributed by atoms with Crippen molar-refractivity contribution < 1.29 is 9.59 Å². The minimum atomic E-state index is -0.205. The molecule has 0 fully saturated rings. The van der Waals surface area contributed by atoms with E-state index in [1.54, 1.807) is 0 Å². The van der Waals surface area contributed by atoms with Crippen LogP contribution in [0.5, 0.6) is 0 Å². The zero-order valence-corrected chi connectivity index (χ0v) is 12.1. The summed E-state index contributed by atoms with van der Waals surface area (Å²) >= 11 is 0. The van der Waals surface area contributed by atoms with Gasteiger partial charge in [0, 0.05) is 12.8 Å². The van der Waals surface area contributed by atoms with E-state index in [2.05, 4.69) is 24.5 Å². The molecule has 0 bridgehead atoms. The highest BCUT2D eigenvalue weighted by Gasteiger charge is 2.13. The summed E-state index contributed by atoms with van der Waals surface area (Å²) in [6.07, 6.45) is 6.42. The predicted octanol–water partition coefficient (Wildman–Crippen LogP) is 2.73. The lowest BCUT2D eigenvalue weighted by Crippen LogP contribution is -2.47. The molecular weight excluding hydrogens is 228 g/mol. The molecule has 0 aliphatic carbocycles. The molecule has 0 aliphatic rings. The minimum absolute atomic E-state index is 0.0334. The topological polar surface area (TPSA) is 58.2 Å². The van der Waals surface area contributed by atoms with E-state index < -0.39 is 0 Å². The zero-order valence-electron chi connectivity index (χ0n) is 12.1. The molecule has 4 nitrogen and oxygen atoms in total. The summed E-state index contributed by atoms with van der Waals surface area (Å²) in [7, 11) is 0. The number of nitrogens with one attached hydrogen (secondary N) is 2. The predicted molar refractivity (Wildman–Crippen MR) is 74.0 cm³/mol.